The molecule has 1 aliphatic carbocycles. The summed E-state index contributed by atoms with van der Waals surface area (Å²) in [6, 6.07) is 7.58. The van der Waals surface area contributed by atoms with Crippen LogP contribution in [0.2, 0.25) is 0 Å². The third kappa shape index (κ3) is 2.40. The summed E-state index contributed by atoms with van der Waals surface area (Å²) in [5.74, 6) is -0.0906. The second-order valence-corrected chi connectivity index (χ2v) is 4.29. The van der Waals surface area contributed by atoms with Crippen molar-refractivity contribution < 1.29 is 9.18 Å². The maximum atomic E-state index is 12.6. The minimum absolute atomic E-state index is 0.0211. The summed E-state index contributed by atoms with van der Waals surface area (Å²) in [5, 5.41) is 2.84. The number of carbonyl (C=O) groups is 1. The van der Waals surface area contributed by atoms with Gasteiger partial charge < -0.3 is 5.32 Å². The van der Waals surface area contributed by atoms with Crippen molar-refractivity contribution in [2.75, 3.05) is 0 Å². The van der Waals surface area contributed by atoms with Crippen LogP contribution in [-0.2, 0) is 6.42 Å². The van der Waals surface area contributed by atoms with Gasteiger partial charge in [0.05, 0.1) is 0 Å². The molecule has 0 atom stereocenters. The lowest BCUT2D eigenvalue weighted by molar-refractivity contribution is 0.0860. The first-order valence-corrected chi connectivity index (χ1v) is 5.73. The Balaban J connectivity index is 1.97. The van der Waals surface area contributed by atoms with Gasteiger partial charge in [-0.05, 0) is 37.0 Å². The van der Waals surface area contributed by atoms with Gasteiger partial charge in [0.2, 0.25) is 0 Å². The Morgan fingerprint density at radius 1 is 1.50 bits per heavy atom. The van der Waals surface area contributed by atoms with Crippen molar-refractivity contribution in [2.45, 2.75) is 38.4 Å². The zero-order valence-corrected chi connectivity index (χ0v) is 9.37. The van der Waals surface area contributed by atoms with Gasteiger partial charge in [0.25, 0.3) is 5.91 Å². The molecule has 3 heteroatoms. The van der Waals surface area contributed by atoms with Crippen molar-refractivity contribution in [2.24, 2.45) is 0 Å². The second-order valence-electron chi connectivity index (χ2n) is 4.29. The van der Waals surface area contributed by atoms with Crippen molar-refractivity contribution in [3.63, 3.8) is 0 Å². The summed E-state index contributed by atoms with van der Waals surface area (Å²) in [5.41, 5.74) is 1.81. The fourth-order valence-electron chi connectivity index (χ4n) is 1.87. The molecule has 1 saturated carbocycles. The maximum absolute atomic E-state index is 12.6. The van der Waals surface area contributed by atoms with Crippen molar-refractivity contribution in [3.05, 3.63) is 35.4 Å². The van der Waals surface area contributed by atoms with Gasteiger partial charge in [-0.3, -0.25) is 4.79 Å². The molecule has 86 valence electrons. The van der Waals surface area contributed by atoms with Crippen LogP contribution >= 0.6 is 0 Å². The molecular weight excluding hydrogens is 205 g/mol. The van der Waals surface area contributed by atoms with Crippen LogP contribution in [0.1, 0.15) is 35.7 Å². The molecule has 1 aromatic rings. The van der Waals surface area contributed by atoms with Crippen LogP contribution < -0.4 is 5.32 Å². The number of carbonyl (C=O) groups excluding carboxylic acids is 1. The molecule has 0 heterocycles. The molecule has 0 aromatic heterocycles. The van der Waals surface area contributed by atoms with Crippen molar-refractivity contribution in [3.8, 4) is 0 Å². The fraction of sp³-hybridized carbons (Fsp3) is 0.462. The highest BCUT2D eigenvalue weighted by Crippen LogP contribution is 2.23. The first-order valence-electron chi connectivity index (χ1n) is 5.73. The number of amides is 1. The molecule has 0 radical (unpaired) electrons. The summed E-state index contributed by atoms with van der Waals surface area (Å²) in [7, 11) is 0. The Kier molecular flexibility index (Phi) is 3.22. The number of hydrogen-bond acceptors (Lipinski definition) is 1. The van der Waals surface area contributed by atoms with E-state index in [0.717, 1.165) is 12.0 Å². The highest BCUT2D eigenvalue weighted by Gasteiger charge is 2.30. The highest BCUT2D eigenvalue weighted by molar-refractivity contribution is 5.94. The minimum atomic E-state index is -0.729. The highest BCUT2D eigenvalue weighted by atomic mass is 19.1. The topological polar surface area (TPSA) is 29.1 Å². The SMILES string of the molecule is CCc1cccc(C(=O)N[C@H]2C[C@@H](F)C2)c1. The Bertz CT molecular complexity index is 385. The van der Waals surface area contributed by atoms with Crippen LogP contribution in [0.3, 0.4) is 0 Å². The van der Waals surface area contributed by atoms with Crippen molar-refractivity contribution >= 4 is 5.91 Å². The molecule has 16 heavy (non-hydrogen) atoms. The molecule has 1 N–H and O–H groups in total. The van der Waals surface area contributed by atoms with Gasteiger partial charge in [-0.15, -0.1) is 0 Å². The lowest BCUT2D eigenvalue weighted by atomic mass is 9.90. The molecule has 2 rings (SSSR count). The summed E-state index contributed by atoms with van der Waals surface area (Å²) in [6.45, 7) is 2.05. The maximum Gasteiger partial charge on any atom is 0.251 e. The van der Waals surface area contributed by atoms with Gasteiger partial charge in [0.1, 0.15) is 6.17 Å². The minimum Gasteiger partial charge on any atom is -0.349 e. The van der Waals surface area contributed by atoms with E-state index in [-0.39, 0.29) is 11.9 Å². The molecule has 0 spiro atoms. The number of alkyl halides is 1. The van der Waals surface area contributed by atoms with Crippen molar-refractivity contribution in [1.82, 2.24) is 5.32 Å². The number of benzene rings is 1. The summed E-state index contributed by atoms with van der Waals surface area (Å²) < 4.78 is 12.6. The van der Waals surface area contributed by atoms with Gasteiger partial charge in [-0.25, -0.2) is 4.39 Å². The zero-order chi connectivity index (χ0) is 11.5. The standard InChI is InChI=1S/C13H16FNO/c1-2-9-4-3-5-10(6-9)13(16)15-12-7-11(14)8-12/h3-6,11-12H,2,7-8H2,1H3,(H,15,16)/t11-,12+. The number of nitrogens with one attached hydrogen (secondary N) is 1. The molecule has 0 unspecified atom stereocenters. The van der Waals surface area contributed by atoms with E-state index in [1.54, 1.807) is 6.07 Å². The molecule has 2 nitrogen and oxygen atoms in total. The number of hydrogen-bond donors (Lipinski definition) is 1. The van der Waals surface area contributed by atoms with Crippen LogP contribution in [0.15, 0.2) is 24.3 Å². The van der Waals surface area contributed by atoms with Crippen LogP contribution in [0.25, 0.3) is 0 Å². The molecule has 0 saturated heterocycles. The normalized spacial score (nSPS) is 23.6. The lowest BCUT2D eigenvalue weighted by Crippen LogP contribution is -2.45. The summed E-state index contributed by atoms with van der Waals surface area (Å²) in [6.07, 6.45) is 1.10. The Hall–Kier alpha value is -1.38. The van der Waals surface area contributed by atoms with Gasteiger partial charge in [0, 0.05) is 11.6 Å². The number of halogens is 1. The van der Waals surface area contributed by atoms with Gasteiger partial charge in [-0.2, -0.15) is 0 Å². The first kappa shape index (κ1) is 11.1. The van der Waals surface area contributed by atoms with Crippen LogP contribution in [0.5, 0.6) is 0 Å². The molecule has 0 bridgehead atoms. The first-order chi connectivity index (χ1) is 7.69. The third-order valence-electron chi connectivity index (χ3n) is 3.01. The zero-order valence-electron chi connectivity index (χ0n) is 9.37. The molecular formula is C13H16FNO. The summed E-state index contributed by atoms with van der Waals surface area (Å²) in [4.78, 5) is 11.8. The monoisotopic (exact) mass is 221 g/mol. The average Bonchev–Trinajstić information content (AvgIpc) is 2.27. The molecule has 1 aliphatic rings. The van der Waals surface area contributed by atoms with Crippen LogP contribution in [-0.4, -0.2) is 18.1 Å². The van der Waals surface area contributed by atoms with Crippen LogP contribution in [0.4, 0.5) is 4.39 Å². The van der Waals surface area contributed by atoms with Crippen molar-refractivity contribution in [1.29, 1.82) is 0 Å². The largest absolute Gasteiger partial charge is 0.349 e. The van der Waals surface area contributed by atoms with E-state index in [0.29, 0.717) is 18.4 Å². The number of rotatable bonds is 3. The molecule has 0 aliphatic heterocycles. The van der Waals surface area contributed by atoms with E-state index in [9.17, 15) is 9.18 Å². The van der Waals surface area contributed by atoms with E-state index in [1.807, 2.05) is 18.2 Å². The molecule has 1 amide bonds. The average molecular weight is 221 g/mol. The Morgan fingerprint density at radius 2 is 2.25 bits per heavy atom. The van der Waals surface area contributed by atoms with E-state index >= 15 is 0 Å². The second kappa shape index (κ2) is 4.64. The Morgan fingerprint density at radius 3 is 2.88 bits per heavy atom. The van der Waals surface area contributed by atoms with Crippen LogP contribution in [0, 0.1) is 0 Å². The lowest BCUT2D eigenvalue weighted by Gasteiger charge is -2.30. The smallest absolute Gasteiger partial charge is 0.251 e. The molecule has 1 aromatic carbocycles. The van der Waals surface area contributed by atoms with E-state index in [2.05, 4.69) is 12.2 Å². The number of aryl methyl sites for hydroxylation is 1. The predicted octanol–water partition coefficient (Wildman–Crippen LogP) is 2.48. The fourth-order valence-corrected chi connectivity index (χ4v) is 1.87. The van der Waals surface area contributed by atoms with E-state index < -0.39 is 6.17 Å². The van der Waals surface area contributed by atoms with E-state index in [4.69, 9.17) is 0 Å². The van der Waals surface area contributed by atoms with E-state index in [1.165, 1.54) is 0 Å². The quantitative estimate of drug-likeness (QED) is 0.834. The van der Waals surface area contributed by atoms with Gasteiger partial charge >= 0.3 is 0 Å². The third-order valence-corrected chi connectivity index (χ3v) is 3.01. The molecule has 1 fully saturated rings. The van der Waals surface area contributed by atoms with Gasteiger partial charge in [-0.1, -0.05) is 19.1 Å². The summed E-state index contributed by atoms with van der Waals surface area (Å²) >= 11 is 0. The Labute approximate surface area is 94.9 Å². The van der Waals surface area contributed by atoms with Gasteiger partial charge in [0.15, 0.2) is 0 Å². The predicted molar refractivity (Wildman–Crippen MR) is 61.2 cm³/mol.